The van der Waals surface area contributed by atoms with E-state index in [0.717, 1.165) is 0 Å². The molecule has 4 rings (SSSR count). The molecule has 8 nitrogen and oxygen atoms in total. The number of fused-ring (bicyclic) bond motifs is 1. The van der Waals surface area contributed by atoms with Gasteiger partial charge in [0.15, 0.2) is 0 Å². The standard InChI is InChI=1S/C16H15FN6O2/c17-8-5-12(15(24)25)23(7-8)11-2-4-19-14-13(11)9(6-21-14)10-1-3-20-16(18)22-10/h1-4,6,8,12H,5,7H2,(H,19,21)(H,24,25)(H2,18,20,22). The number of aliphatic carboxylic acids is 1. The highest BCUT2D eigenvalue weighted by atomic mass is 19.1. The predicted octanol–water partition coefficient (Wildman–Crippen LogP) is 1.60. The van der Waals surface area contributed by atoms with Gasteiger partial charge in [0.05, 0.1) is 23.3 Å². The minimum Gasteiger partial charge on any atom is -0.480 e. The van der Waals surface area contributed by atoms with E-state index in [1.54, 1.807) is 35.6 Å². The molecule has 4 N–H and O–H groups in total. The largest absolute Gasteiger partial charge is 0.480 e. The summed E-state index contributed by atoms with van der Waals surface area (Å²) in [6.45, 7) is 0.0204. The third-order valence-corrected chi connectivity index (χ3v) is 4.35. The number of hydrogen-bond donors (Lipinski definition) is 3. The second kappa shape index (κ2) is 5.69. The first-order valence-electron chi connectivity index (χ1n) is 7.73. The van der Waals surface area contributed by atoms with Gasteiger partial charge in [0.25, 0.3) is 0 Å². The molecule has 0 aromatic carbocycles. The number of nitrogens with one attached hydrogen (secondary N) is 1. The number of nitrogens with two attached hydrogens (primary N) is 1. The fraction of sp³-hybridized carbons (Fsp3) is 0.250. The van der Waals surface area contributed by atoms with Gasteiger partial charge < -0.3 is 20.7 Å². The van der Waals surface area contributed by atoms with Gasteiger partial charge >= 0.3 is 5.97 Å². The SMILES string of the molecule is Nc1nccc(-c2c[nH]c3nccc(N4CC(F)CC4C(=O)O)c23)n1. The summed E-state index contributed by atoms with van der Waals surface area (Å²) in [4.78, 5) is 28.5. The van der Waals surface area contributed by atoms with Crippen molar-refractivity contribution in [2.24, 2.45) is 0 Å². The molecule has 3 aromatic heterocycles. The van der Waals surface area contributed by atoms with Crippen molar-refractivity contribution in [3.63, 3.8) is 0 Å². The normalized spacial score (nSPS) is 20.3. The molecule has 25 heavy (non-hydrogen) atoms. The summed E-state index contributed by atoms with van der Waals surface area (Å²) in [6.07, 6.45) is 3.60. The number of aromatic amines is 1. The zero-order chi connectivity index (χ0) is 17.6. The van der Waals surface area contributed by atoms with Crippen molar-refractivity contribution in [3.05, 3.63) is 30.7 Å². The number of aromatic nitrogens is 4. The average Bonchev–Trinajstić information content (AvgIpc) is 3.18. The molecule has 0 bridgehead atoms. The van der Waals surface area contributed by atoms with Crippen LogP contribution in [-0.2, 0) is 4.79 Å². The number of halogens is 1. The average molecular weight is 342 g/mol. The van der Waals surface area contributed by atoms with E-state index in [2.05, 4.69) is 19.9 Å². The van der Waals surface area contributed by atoms with Gasteiger partial charge in [-0.3, -0.25) is 0 Å². The van der Waals surface area contributed by atoms with Crippen LogP contribution >= 0.6 is 0 Å². The van der Waals surface area contributed by atoms with Crippen LogP contribution in [0.25, 0.3) is 22.3 Å². The number of alkyl halides is 1. The Labute approximate surface area is 141 Å². The zero-order valence-electron chi connectivity index (χ0n) is 13.1. The summed E-state index contributed by atoms with van der Waals surface area (Å²) in [5.41, 5.74) is 8.12. The number of hydrogen-bond acceptors (Lipinski definition) is 6. The maximum absolute atomic E-state index is 13.9. The molecule has 2 atom stereocenters. The lowest BCUT2D eigenvalue weighted by Crippen LogP contribution is -2.36. The smallest absolute Gasteiger partial charge is 0.326 e. The number of rotatable bonds is 3. The molecule has 0 aliphatic carbocycles. The van der Waals surface area contributed by atoms with Gasteiger partial charge in [-0.1, -0.05) is 0 Å². The van der Waals surface area contributed by atoms with Crippen molar-refractivity contribution in [3.8, 4) is 11.3 Å². The van der Waals surface area contributed by atoms with Crippen LogP contribution in [0, 0.1) is 0 Å². The van der Waals surface area contributed by atoms with Crippen molar-refractivity contribution < 1.29 is 14.3 Å². The quantitative estimate of drug-likeness (QED) is 0.661. The Morgan fingerprint density at radius 2 is 2.16 bits per heavy atom. The van der Waals surface area contributed by atoms with E-state index in [4.69, 9.17) is 5.73 Å². The van der Waals surface area contributed by atoms with Crippen LogP contribution in [0.5, 0.6) is 0 Å². The number of carboxylic acid groups (broad SMARTS) is 1. The second-order valence-electron chi connectivity index (χ2n) is 5.90. The van der Waals surface area contributed by atoms with Crippen molar-refractivity contribution in [2.75, 3.05) is 17.2 Å². The molecule has 1 aliphatic rings. The second-order valence-corrected chi connectivity index (χ2v) is 5.90. The first-order valence-corrected chi connectivity index (χ1v) is 7.73. The lowest BCUT2D eigenvalue weighted by molar-refractivity contribution is -0.138. The Balaban J connectivity index is 1.90. The first kappa shape index (κ1) is 15.3. The van der Waals surface area contributed by atoms with Crippen molar-refractivity contribution >= 4 is 28.6 Å². The third-order valence-electron chi connectivity index (χ3n) is 4.35. The molecule has 4 heterocycles. The highest BCUT2D eigenvalue weighted by Crippen LogP contribution is 2.37. The van der Waals surface area contributed by atoms with Gasteiger partial charge in [0.1, 0.15) is 17.9 Å². The Morgan fingerprint density at radius 1 is 1.36 bits per heavy atom. The molecule has 2 unspecified atom stereocenters. The molecule has 1 fully saturated rings. The van der Waals surface area contributed by atoms with Gasteiger partial charge in [0, 0.05) is 30.6 Å². The van der Waals surface area contributed by atoms with E-state index >= 15 is 0 Å². The number of anilines is 2. The van der Waals surface area contributed by atoms with Crippen LogP contribution in [0.3, 0.4) is 0 Å². The van der Waals surface area contributed by atoms with Crippen LogP contribution in [0.15, 0.2) is 30.7 Å². The van der Waals surface area contributed by atoms with E-state index in [1.165, 1.54) is 0 Å². The number of carbonyl (C=O) groups is 1. The Hall–Kier alpha value is -3.23. The predicted molar refractivity (Wildman–Crippen MR) is 89.8 cm³/mol. The van der Waals surface area contributed by atoms with Crippen molar-refractivity contribution in [1.82, 2.24) is 19.9 Å². The summed E-state index contributed by atoms with van der Waals surface area (Å²) in [6, 6.07) is 2.48. The van der Waals surface area contributed by atoms with Crippen LogP contribution < -0.4 is 10.6 Å². The molecular weight excluding hydrogens is 327 g/mol. The number of H-pyrrole nitrogens is 1. The topological polar surface area (TPSA) is 121 Å². The van der Waals surface area contributed by atoms with E-state index in [-0.39, 0.29) is 18.9 Å². The number of nitrogen functional groups attached to an aromatic ring is 1. The van der Waals surface area contributed by atoms with Crippen LogP contribution in [-0.4, -0.2) is 49.8 Å². The van der Waals surface area contributed by atoms with E-state index < -0.39 is 18.2 Å². The molecule has 0 amide bonds. The molecule has 0 saturated carbocycles. The van der Waals surface area contributed by atoms with Crippen molar-refractivity contribution in [1.29, 1.82) is 0 Å². The van der Waals surface area contributed by atoms with Gasteiger partial charge in [-0.2, -0.15) is 0 Å². The number of pyridine rings is 1. The Morgan fingerprint density at radius 3 is 2.92 bits per heavy atom. The summed E-state index contributed by atoms with van der Waals surface area (Å²) in [5, 5.41) is 10.1. The first-order chi connectivity index (χ1) is 12.0. The summed E-state index contributed by atoms with van der Waals surface area (Å²) in [5.74, 6) is -0.917. The lowest BCUT2D eigenvalue weighted by atomic mass is 10.1. The molecule has 128 valence electrons. The van der Waals surface area contributed by atoms with Gasteiger partial charge in [-0.05, 0) is 12.1 Å². The molecule has 9 heteroatoms. The molecule has 3 aromatic rings. The Bertz CT molecular complexity index is 959. The van der Waals surface area contributed by atoms with Gasteiger partial charge in [0.2, 0.25) is 5.95 Å². The minimum atomic E-state index is -1.19. The maximum Gasteiger partial charge on any atom is 0.326 e. The Kier molecular flexibility index (Phi) is 3.48. The third kappa shape index (κ3) is 2.53. The summed E-state index contributed by atoms with van der Waals surface area (Å²) < 4.78 is 13.9. The fourth-order valence-electron chi connectivity index (χ4n) is 3.29. The fourth-order valence-corrected chi connectivity index (χ4v) is 3.29. The minimum absolute atomic E-state index is 0.0204. The zero-order valence-corrected chi connectivity index (χ0v) is 13.1. The number of carboxylic acids is 1. The van der Waals surface area contributed by atoms with E-state index in [0.29, 0.717) is 28.0 Å². The summed E-state index contributed by atoms with van der Waals surface area (Å²) in [7, 11) is 0. The molecule has 1 aliphatic heterocycles. The van der Waals surface area contributed by atoms with Crippen molar-refractivity contribution in [2.45, 2.75) is 18.6 Å². The maximum atomic E-state index is 13.9. The molecule has 1 saturated heterocycles. The van der Waals surface area contributed by atoms with Crippen LogP contribution in [0.2, 0.25) is 0 Å². The molecular formula is C16H15FN6O2. The number of nitrogens with zero attached hydrogens (tertiary/aromatic N) is 4. The van der Waals surface area contributed by atoms with E-state index in [1.807, 2.05) is 0 Å². The molecule has 0 radical (unpaired) electrons. The van der Waals surface area contributed by atoms with Crippen LogP contribution in [0.4, 0.5) is 16.0 Å². The highest BCUT2D eigenvalue weighted by Gasteiger charge is 2.38. The monoisotopic (exact) mass is 342 g/mol. The lowest BCUT2D eigenvalue weighted by Gasteiger charge is -2.24. The van der Waals surface area contributed by atoms with E-state index in [9.17, 15) is 14.3 Å². The molecule has 0 spiro atoms. The highest BCUT2D eigenvalue weighted by molar-refractivity contribution is 6.03. The van der Waals surface area contributed by atoms with Gasteiger partial charge in [-0.25, -0.2) is 24.1 Å². The van der Waals surface area contributed by atoms with Crippen LogP contribution in [0.1, 0.15) is 6.42 Å². The van der Waals surface area contributed by atoms with Gasteiger partial charge in [-0.15, -0.1) is 0 Å². The summed E-state index contributed by atoms with van der Waals surface area (Å²) >= 11 is 0.